The molecule has 0 spiro atoms. The molecule has 0 saturated carbocycles. The van der Waals surface area contributed by atoms with Crippen molar-refractivity contribution >= 4 is 37.5 Å². The van der Waals surface area contributed by atoms with Crippen LogP contribution in [0.1, 0.15) is 18.9 Å². The molecule has 1 aromatic heterocycles. The van der Waals surface area contributed by atoms with Crippen LogP contribution in [0.4, 0.5) is 5.69 Å². The number of halogens is 2. The molecule has 1 aliphatic heterocycles. The van der Waals surface area contributed by atoms with Crippen molar-refractivity contribution in [3.8, 4) is 11.3 Å². The molecule has 21 heavy (non-hydrogen) atoms. The Kier molecular flexibility index (Phi) is 4.24. The number of aromatic amines is 1. The first-order chi connectivity index (χ1) is 10.1. The predicted molar refractivity (Wildman–Crippen MR) is 91.4 cm³/mol. The van der Waals surface area contributed by atoms with Crippen molar-refractivity contribution in [1.29, 1.82) is 0 Å². The number of anilines is 1. The van der Waals surface area contributed by atoms with Crippen molar-refractivity contribution in [2.75, 3.05) is 18.8 Å². The van der Waals surface area contributed by atoms with E-state index in [-0.39, 0.29) is 11.7 Å². The number of nitrogens with two attached hydrogens (primary N) is 1. The number of imidazole rings is 1. The summed E-state index contributed by atoms with van der Waals surface area (Å²) in [6.07, 6.45) is 3.86. The zero-order valence-electron chi connectivity index (χ0n) is 11.3. The van der Waals surface area contributed by atoms with Crippen molar-refractivity contribution < 1.29 is 0 Å². The van der Waals surface area contributed by atoms with Crippen LogP contribution in [0.5, 0.6) is 0 Å². The van der Waals surface area contributed by atoms with Crippen molar-refractivity contribution in [1.82, 2.24) is 14.9 Å². The quantitative estimate of drug-likeness (QED) is 0.660. The maximum Gasteiger partial charge on any atom is 0.326 e. The Morgan fingerprint density at radius 1 is 1.19 bits per heavy atom. The first-order valence-corrected chi connectivity index (χ1v) is 8.41. The summed E-state index contributed by atoms with van der Waals surface area (Å²) in [4.78, 5) is 15.1. The van der Waals surface area contributed by atoms with E-state index in [4.69, 9.17) is 5.73 Å². The van der Waals surface area contributed by atoms with Gasteiger partial charge >= 0.3 is 5.69 Å². The molecule has 1 saturated heterocycles. The van der Waals surface area contributed by atoms with Crippen LogP contribution in [0.3, 0.4) is 0 Å². The fraction of sp³-hybridized carbons (Fsp3) is 0.357. The average molecular weight is 416 g/mol. The highest BCUT2D eigenvalue weighted by molar-refractivity contribution is 9.11. The highest BCUT2D eigenvalue weighted by Crippen LogP contribution is 2.33. The van der Waals surface area contributed by atoms with Crippen molar-refractivity contribution in [2.45, 2.75) is 18.9 Å². The fourth-order valence-corrected chi connectivity index (χ4v) is 3.84. The molecule has 1 aromatic carbocycles. The maximum atomic E-state index is 12.2. The third kappa shape index (κ3) is 2.95. The van der Waals surface area contributed by atoms with Crippen molar-refractivity contribution in [3.63, 3.8) is 0 Å². The van der Waals surface area contributed by atoms with Crippen LogP contribution in [0.2, 0.25) is 0 Å². The topological polar surface area (TPSA) is 75.8 Å². The Morgan fingerprint density at radius 3 is 2.43 bits per heavy atom. The third-order valence-corrected chi connectivity index (χ3v) is 5.15. The molecule has 4 N–H and O–H groups in total. The lowest BCUT2D eigenvalue weighted by atomic mass is 10.1. The Morgan fingerprint density at radius 2 is 1.81 bits per heavy atom. The van der Waals surface area contributed by atoms with Gasteiger partial charge in [0.25, 0.3) is 0 Å². The van der Waals surface area contributed by atoms with E-state index in [0.717, 1.165) is 46.1 Å². The van der Waals surface area contributed by atoms with Gasteiger partial charge in [0.2, 0.25) is 0 Å². The standard InChI is InChI=1S/C14H16Br2N4O/c15-10-5-8(6-11(16)13(10)17)12-7-20(14(21)19-12)9-1-3-18-4-2-9/h5-7,9,18H,1-4,17H2,(H,19,21). The van der Waals surface area contributed by atoms with Crippen LogP contribution in [0.25, 0.3) is 11.3 Å². The van der Waals surface area contributed by atoms with E-state index in [2.05, 4.69) is 42.2 Å². The van der Waals surface area contributed by atoms with Crippen molar-refractivity contribution in [3.05, 3.63) is 37.8 Å². The van der Waals surface area contributed by atoms with Gasteiger partial charge in [0.05, 0.1) is 11.4 Å². The van der Waals surface area contributed by atoms with Gasteiger partial charge in [0, 0.05) is 26.7 Å². The second-order valence-corrected chi connectivity index (χ2v) is 6.92. The SMILES string of the molecule is Nc1c(Br)cc(-c2cn(C3CCNCC3)c(=O)[nH]2)cc1Br. The van der Waals surface area contributed by atoms with E-state index in [0.29, 0.717) is 5.69 Å². The highest BCUT2D eigenvalue weighted by atomic mass is 79.9. The second kappa shape index (κ2) is 5.98. The number of nitrogens with one attached hydrogen (secondary N) is 2. The molecule has 0 unspecified atom stereocenters. The molecule has 1 fully saturated rings. The Bertz CT molecular complexity index is 693. The van der Waals surface area contributed by atoms with E-state index in [1.807, 2.05) is 22.9 Å². The molecule has 0 amide bonds. The van der Waals surface area contributed by atoms with Gasteiger partial charge in [-0.15, -0.1) is 0 Å². The maximum absolute atomic E-state index is 12.2. The minimum atomic E-state index is -0.0547. The van der Waals surface area contributed by atoms with E-state index >= 15 is 0 Å². The number of H-pyrrole nitrogens is 1. The van der Waals surface area contributed by atoms with Gasteiger partial charge in [-0.3, -0.25) is 4.57 Å². The molecule has 1 aliphatic rings. The van der Waals surface area contributed by atoms with Crippen LogP contribution in [0, 0.1) is 0 Å². The molecule has 112 valence electrons. The summed E-state index contributed by atoms with van der Waals surface area (Å²) in [5.41, 5.74) is 8.23. The van der Waals surface area contributed by atoms with Gasteiger partial charge in [-0.25, -0.2) is 4.79 Å². The summed E-state index contributed by atoms with van der Waals surface area (Å²) in [6.45, 7) is 1.91. The molecule has 2 heterocycles. The zero-order valence-corrected chi connectivity index (χ0v) is 14.5. The lowest BCUT2D eigenvalue weighted by Gasteiger charge is -2.22. The van der Waals surface area contributed by atoms with E-state index in [9.17, 15) is 4.79 Å². The van der Waals surface area contributed by atoms with Gasteiger partial charge in [-0.2, -0.15) is 0 Å². The minimum Gasteiger partial charge on any atom is -0.397 e. The van der Waals surface area contributed by atoms with Gasteiger partial charge < -0.3 is 16.0 Å². The Hall–Kier alpha value is -1.05. The molecule has 7 heteroatoms. The number of hydrogen-bond donors (Lipinski definition) is 3. The molecule has 5 nitrogen and oxygen atoms in total. The van der Waals surface area contributed by atoms with Gasteiger partial charge in [0.15, 0.2) is 0 Å². The monoisotopic (exact) mass is 414 g/mol. The number of aromatic nitrogens is 2. The largest absolute Gasteiger partial charge is 0.397 e. The number of rotatable bonds is 2. The van der Waals surface area contributed by atoms with Crippen LogP contribution >= 0.6 is 31.9 Å². The fourth-order valence-electron chi connectivity index (χ4n) is 2.65. The number of nitrogens with zero attached hydrogens (tertiary/aromatic N) is 1. The first-order valence-electron chi connectivity index (χ1n) is 6.83. The molecule has 0 radical (unpaired) electrons. The molecule has 0 atom stereocenters. The summed E-state index contributed by atoms with van der Waals surface area (Å²) in [6, 6.07) is 4.10. The van der Waals surface area contributed by atoms with Crippen LogP contribution < -0.4 is 16.7 Å². The molecule has 0 bridgehead atoms. The molecule has 2 aromatic rings. The lowest BCUT2D eigenvalue weighted by molar-refractivity contribution is 0.361. The second-order valence-electron chi connectivity index (χ2n) is 5.21. The lowest BCUT2D eigenvalue weighted by Crippen LogP contribution is -2.32. The molecular formula is C14H16Br2N4O. The zero-order chi connectivity index (χ0) is 15.0. The summed E-state index contributed by atoms with van der Waals surface area (Å²) in [5.74, 6) is 0. The summed E-state index contributed by atoms with van der Waals surface area (Å²) in [5, 5.41) is 3.31. The van der Waals surface area contributed by atoms with E-state index in [1.165, 1.54) is 0 Å². The van der Waals surface area contributed by atoms with E-state index < -0.39 is 0 Å². The normalized spacial score (nSPS) is 16.3. The minimum absolute atomic E-state index is 0.0547. The summed E-state index contributed by atoms with van der Waals surface area (Å²) >= 11 is 6.87. The van der Waals surface area contributed by atoms with Crippen LogP contribution in [0.15, 0.2) is 32.1 Å². The van der Waals surface area contributed by atoms with Crippen LogP contribution in [-0.2, 0) is 0 Å². The molecule has 3 rings (SSSR count). The Balaban J connectivity index is 1.99. The van der Waals surface area contributed by atoms with Gasteiger partial charge in [-0.05, 0) is 69.9 Å². The average Bonchev–Trinajstić information content (AvgIpc) is 2.87. The number of nitrogen functional groups attached to an aromatic ring is 1. The number of piperidine rings is 1. The summed E-state index contributed by atoms with van der Waals surface area (Å²) in [7, 11) is 0. The molecule has 0 aliphatic carbocycles. The highest BCUT2D eigenvalue weighted by Gasteiger charge is 2.18. The number of hydrogen-bond acceptors (Lipinski definition) is 3. The summed E-state index contributed by atoms with van der Waals surface area (Å²) < 4.78 is 3.43. The first kappa shape index (κ1) is 14.9. The van der Waals surface area contributed by atoms with Crippen LogP contribution in [-0.4, -0.2) is 22.6 Å². The van der Waals surface area contributed by atoms with E-state index in [1.54, 1.807) is 0 Å². The smallest absolute Gasteiger partial charge is 0.326 e. The third-order valence-electron chi connectivity index (χ3n) is 3.84. The Labute approximate surface area is 139 Å². The van der Waals surface area contributed by atoms with Crippen molar-refractivity contribution in [2.24, 2.45) is 0 Å². The van der Waals surface area contributed by atoms with Gasteiger partial charge in [-0.1, -0.05) is 0 Å². The number of benzene rings is 1. The van der Waals surface area contributed by atoms with Gasteiger partial charge in [0.1, 0.15) is 0 Å². The predicted octanol–water partition coefficient (Wildman–Crippen LogP) is 2.88. The molecular weight excluding hydrogens is 400 g/mol.